The van der Waals surface area contributed by atoms with E-state index in [0.717, 1.165) is 0 Å². The van der Waals surface area contributed by atoms with Gasteiger partial charge in [0.2, 0.25) is 10.0 Å². The lowest BCUT2D eigenvalue weighted by Crippen LogP contribution is -2.38. The fourth-order valence-electron chi connectivity index (χ4n) is 1.19. The van der Waals surface area contributed by atoms with Crippen LogP contribution in [0.1, 0.15) is 34.6 Å². The van der Waals surface area contributed by atoms with Gasteiger partial charge in [0, 0.05) is 19.1 Å². The molecule has 0 radical (unpaired) electrons. The molecule has 0 unspecified atom stereocenters. The lowest BCUT2D eigenvalue weighted by atomic mass is 10.0. The van der Waals surface area contributed by atoms with E-state index < -0.39 is 10.0 Å². The van der Waals surface area contributed by atoms with Gasteiger partial charge in [-0.1, -0.05) is 34.6 Å². The summed E-state index contributed by atoms with van der Waals surface area (Å²) in [6, 6.07) is 0.386. The van der Waals surface area contributed by atoms with E-state index in [9.17, 15) is 8.42 Å². The van der Waals surface area contributed by atoms with Gasteiger partial charge < -0.3 is 5.32 Å². The molecule has 0 aromatic carbocycles. The number of rotatable bonds is 6. The van der Waals surface area contributed by atoms with Crippen LogP contribution in [-0.2, 0) is 10.0 Å². The fourth-order valence-corrected chi connectivity index (χ4v) is 2.84. The first-order valence-corrected chi connectivity index (χ1v) is 6.98. The third-order valence-corrected chi connectivity index (χ3v) is 3.51. The minimum absolute atomic E-state index is 0.168. The average Bonchev–Trinajstić information content (AvgIpc) is 1.93. The molecule has 5 heteroatoms. The zero-order valence-electron chi connectivity index (χ0n) is 10.4. The third-order valence-electron chi connectivity index (χ3n) is 1.62. The molecule has 0 bridgehead atoms. The normalized spacial score (nSPS) is 13.5. The van der Waals surface area contributed by atoms with Gasteiger partial charge in [-0.05, 0) is 5.41 Å². The molecule has 4 nitrogen and oxygen atoms in total. The molecule has 92 valence electrons. The van der Waals surface area contributed by atoms with Gasteiger partial charge in [0.15, 0.2) is 0 Å². The molecule has 0 atom stereocenters. The molecule has 0 aliphatic rings. The summed E-state index contributed by atoms with van der Waals surface area (Å²) in [5, 5.41) is 3.15. The minimum atomic E-state index is -3.13. The van der Waals surface area contributed by atoms with E-state index in [2.05, 4.69) is 10.0 Å². The van der Waals surface area contributed by atoms with Crippen molar-refractivity contribution < 1.29 is 8.42 Å². The second kappa shape index (κ2) is 5.82. The number of sulfonamides is 1. The van der Waals surface area contributed by atoms with E-state index >= 15 is 0 Å². The van der Waals surface area contributed by atoms with Crippen molar-refractivity contribution in [2.45, 2.75) is 40.7 Å². The van der Waals surface area contributed by atoms with Crippen LogP contribution >= 0.6 is 0 Å². The van der Waals surface area contributed by atoms with Crippen molar-refractivity contribution in [2.24, 2.45) is 5.41 Å². The topological polar surface area (TPSA) is 58.2 Å². The Hall–Kier alpha value is -0.130. The van der Waals surface area contributed by atoms with Crippen LogP contribution in [0, 0.1) is 5.41 Å². The van der Waals surface area contributed by atoms with E-state index in [-0.39, 0.29) is 11.2 Å². The van der Waals surface area contributed by atoms with Gasteiger partial charge in [0.25, 0.3) is 0 Å². The van der Waals surface area contributed by atoms with Crippen molar-refractivity contribution in [2.75, 3.05) is 18.8 Å². The molecule has 0 aromatic heterocycles. The van der Waals surface area contributed by atoms with E-state index in [1.54, 1.807) is 0 Å². The number of hydrogen-bond donors (Lipinski definition) is 2. The van der Waals surface area contributed by atoms with Gasteiger partial charge in [0.1, 0.15) is 0 Å². The van der Waals surface area contributed by atoms with Gasteiger partial charge >= 0.3 is 0 Å². The molecule has 0 rings (SSSR count). The number of hydrogen-bond acceptors (Lipinski definition) is 3. The SMILES string of the molecule is CC(C)NCCNS(=O)(=O)CC(C)(C)C. The lowest BCUT2D eigenvalue weighted by Gasteiger charge is -2.18. The maximum Gasteiger partial charge on any atom is 0.212 e. The summed E-state index contributed by atoms with van der Waals surface area (Å²) in [6.07, 6.45) is 0. The van der Waals surface area contributed by atoms with Crippen molar-refractivity contribution in [3.05, 3.63) is 0 Å². The highest BCUT2D eigenvalue weighted by molar-refractivity contribution is 7.89. The lowest BCUT2D eigenvalue weighted by molar-refractivity contribution is 0.457. The Morgan fingerprint density at radius 1 is 1.13 bits per heavy atom. The van der Waals surface area contributed by atoms with Crippen molar-refractivity contribution in [1.82, 2.24) is 10.0 Å². The second-order valence-electron chi connectivity index (χ2n) is 5.32. The predicted molar refractivity (Wildman–Crippen MR) is 64.4 cm³/mol. The molecule has 0 aromatic rings. The molecular weight excluding hydrogens is 212 g/mol. The Bertz CT molecular complexity index is 266. The fraction of sp³-hybridized carbons (Fsp3) is 1.00. The van der Waals surface area contributed by atoms with Crippen LogP contribution in [0.25, 0.3) is 0 Å². The quantitative estimate of drug-likeness (QED) is 0.675. The summed E-state index contributed by atoms with van der Waals surface area (Å²) in [4.78, 5) is 0. The zero-order chi connectivity index (χ0) is 12.1. The van der Waals surface area contributed by atoms with Gasteiger partial charge in [-0.3, -0.25) is 0 Å². The Kier molecular flexibility index (Phi) is 5.77. The van der Waals surface area contributed by atoms with Crippen LogP contribution in [0.15, 0.2) is 0 Å². The van der Waals surface area contributed by atoms with Gasteiger partial charge in [0.05, 0.1) is 5.75 Å². The highest BCUT2D eigenvalue weighted by Gasteiger charge is 2.20. The van der Waals surface area contributed by atoms with E-state index in [1.165, 1.54) is 0 Å². The molecule has 0 fully saturated rings. The summed E-state index contributed by atoms with van der Waals surface area (Å²) < 4.78 is 25.7. The Labute approximate surface area is 93.9 Å². The summed E-state index contributed by atoms with van der Waals surface area (Å²) in [6.45, 7) is 10.9. The van der Waals surface area contributed by atoms with Crippen LogP contribution in [0.5, 0.6) is 0 Å². The van der Waals surface area contributed by atoms with Crippen LogP contribution < -0.4 is 10.0 Å². The maximum atomic E-state index is 11.6. The summed E-state index contributed by atoms with van der Waals surface area (Å²) in [5.41, 5.74) is -0.197. The first-order chi connectivity index (χ1) is 6.62. The molecule has 0 aliphatic heterocycles. The van der Waals surface area contributed by atoms with Crippen LogP contribution in [0.4, 0.5) is 0 Å². The largest absolute Gasteiger partial charge is 0.313 e. The third kappa shape index (κ3) is 10.2. The maximum absolute atomic E-state index is 11.6. The molecule has 0 saturated heterocycles. The molecule has 2 N–H and O–H groups in total. The molecule has 0 aliphatic carbocycles. The molecule has 0 spiro atoms. The highest BCUT2D eigenvalue weighted by Crippen LogP contribution is 2.14. The van der Waals surface area contributed by atoms with E-state index in [0.29, 0.717) is 19.1 Å². The first kappa shape index (κ1) is 14.9. The van der Waals surface area contributed by atoms with Gasteiger partial charge in [-0.15, -0.1) is 0 Å². The monoisotopic (exact) mass is 236 g/mol. The smallest absolute Gasteiger partial charge is 0.212 e. The highest BCUT2D eigenvalue weighted by atomic mass is 32.2. The Morgan fingerprint density at radius 3 is 2.07 bits per heavy atom. The second-order valence-corrected chi connectivity index (χ2v) is 7.13. The zero-order valence-corrected chi connectivity index (χ0v) is 11.2. The molecule has 0 heterocycles. The predicted octanol–water partition coefficient (Wildman–Crippen LogP) is 0.950. The minimum Gasteiger partial charge on any atom is -0.313 e. The summed E-state index contributed by atoms with van der Waals surface area (Å²) in [7, 11) is -3.13. The molecule has 0 saturated carbocycles. The molecule has 15 heavy (non-hydrogen) atoms. The Morgan fingerprint density at radius 2 is 1.67 bits per heavy atom. The van der Waals surface area contributed by atoms with Crippen molar-refractivity contribution in [1.29, 1.82) is 0 Å². The van der Waals surface area contributed by atoms with Crippen molar-refractivity contribution in [3.8, 4) is 0 Å². The van der Waals surface area contributed by atoms with Crippen LogP contribution in [0.3, 0.4) is 0 Å². The van der Waals surface area contributed by atoms with Gasteiger partial charge in [-0.2, -0.15) is 0 Å². The summed E-state index contributed by atoms with van der Waals surface area (Å²) >= 11 is 0. The van der Waals surface area contributed by atoms with Crippen LogP contribution in [0.2, 0.25) is 0 Å². The van der Waals surface area contributed by atoms with Gasteiger partial charge in [-0.25, -0.2) is 13.1 Å². The average molecular weight is 236 g/mol. The standard InChI is InChI=1S/C10H24N2O2S/c1-9(2)11-6-7-12-15(13,14)8-10(3,4)5/h9,11-12H,6-8H2,1-5H3. The van der Waals surface area contributed by atoms with Crippen LogP contribution in [-0.4, -0.2) is 33.3 Å². The van der Waals surface area contributed by atoms with E-state index in [1.807, 2.05) is 34.6 Å². The first-order valence-electron chi connectivity index (χ1n) is 5.33. The number of nitrogens with one attached hydrogen (secondary N) is 2. The van der Waals surface area contributed by atoms with E-state index in [4.69, 9.17) is 0 Å². The molecular formula is C10H24N2O2S. The summed E-state index contributed by atoms with van der Waals surface area (Å²) in [5.74, 6) is 0.168. The molecule has 0 amide bonds. The van der Waals surface area contributed by atoms with Crippen molar-refractivity contribution in [3.63, 3.8) is 0 Å². The van der Waals surface area contributed by atoms with Crippen molar-refractivity contribution >= 4 is 10.0 Å². The Balaban J connectivity index is 3.86.